The molecule has 8 heteroatoms. The third-order valence-electron chi connectivity index (χ3n) is 5.03. The van der Waals surface area contributed by atoms with Crippen molar-refractivity contribution in [2.45, 2.75) is 26.7 Å². The van der Waals surface area contributed by atoms with Gasteiger partial charge in [-0.2, -0.15) is 4.68 Å². The number of pyridine rings is 1. The van der Waals surface area contributed by atoms with E-state index in [1.54, 1.807) is 12.3 Å². The van der Waals surface area contributed by atoms with Gasteiger partial charge < -0.3 is 10.0 Å². The van der Waals surface area contributed by atoms with Crippen LogP contribution < -0.4 is 4.90 Å². The first-order valence-corrected chi connectivity index (χ1v) is 8.49. The SMILES string of the molecule is CC1(C)CCN(c2ccc(-n3nnc4cc(F)c(O)c(F)c43)nc2)CC1. The van der Waals surface area contributed by atoms with Gasteiger partial charge in [-0.1, -0.05) is 19.1 Å². The Bertz CT molecular complexity index is 958. The quantitative estimate of drug-likeness (QED) is 0.759. The molecule has 0 spiro atoms. The lowest BCUT2D eigenvalue weighted by molar-refractivity contribution is 0.280. The number of halogens is 2. The van der Waals surface area contributed by atoms with E-state index in [2.05, 4.69) is 34.0 Å². The Labute approximate surface area is 149 Å². The van der Waals surface area contributed by atoms with Gasteiger partial charge in [-0.3, -0.25) is 0 Å². The van der Waals surface area contributed by atoms with Gasteiger partial charge >= 0.3 is 0 Å². The minimum atomic E-state index is -1.10. The molecule has 136 valence electrons. The largest absolute Gasteiger partial charge is 0.503 e. The fourth-order valence-corrected chi connectivity index (χ4v) is 3.22. The molecule has 1 saturated heterocycles. The van der Waals surface area contributed by atoms with Crippen LogP contribution in [0.2, 0.25) is 0 Å². The zero-order chi connectivity index (χ0) is 18.5. The number of nitrogens with zero attached hydrogens (tertiary/aromatic N) is 5. The first-order valence-electron chi connectivity index (χ1n) is 8.49. The molecule has 3 heterocycles. The van der Waals surface area contributed by atoms with Crippen molar-refractivity contribution in [2.24, 2.45) is 5.41 Å². The van der Waals surface area contributed by atoms with Crippen molar-refractivity contribution in [3.05, 3.63) is 36.0 Å². The molecule has 4 rings (SSSR count). The van der Waals surface area contributed by atoms with Crippen LogP contribution in [0.15, 0.2) is 24.4 Å². The monoisotopic (exact) mass is 359 g/mol. The highest BCUT2D eigenvalue weighted by Gasteiger charge is 2.26. The molecular weight excluding hydrogens is 340 g/mol. The van der Waals surface area contributed by atoms with Crippen molar-refractivity contribution in [1.82, 2.24) is 20.0 Å². The molecular formula is C18H19F2N5O. The lowest BCUT2D eigenvalue weighted by atomic mass is 9.82. The van der Waals surface area contributed by atoms with Crippen molar-refractivity contribution in [2.75, 3.05) is 18.0 Å². The number of phenols is 1. The highest BCUT2D eigenvalue weighted by Crippen LogP contribution is 2.32. The first-order chi connectivity index (χ1) is 12.4. The summed E-state index contributed by atoms with van der Waals surface area (Å²) in [6.45, 7) is 6.47. The summed E-state index contributed by atoms with van der Waals surface area (Å²) in [5.41, 5.74) is 1.26. The number of aromatic nitrogens is 4. The normalized spacial score (nSPS) is 17.0. The summed E-state index contributed by atoms with van der Waals surface area (Å²) in [6.07, 6.45) is 3.93. The molecule has 0 amide bonds. The predicted molar refractivity (Wildman–Crippen MR) is 93.5 cm³/mol. The average molecular weight is 359 g/mol. The van der Waals surface area contributed by atoms with Crippen molar-refractivity contribution in [1.29, 1.82) is 0 Å². The fourth-order valence-electron chi connectivity index (χ4n) is 3.22. The molecule has 6 nitrogen and oxygen atoms in total. The molecule has 3 aromatic rings. The molecule has 1 aliphatic rings. The van der Waals surface area contributed by atoms with E-state index in [0.717, 1.165) is 42.4 Å². The Morgan fingerprint density at radius 3 is 2.54 bits per heavy atom. The summed E-state index contributed by atoms with van der Waals surface area (Å²) in [6, 6.07) is 4.56. The number of phenolic OH excluding ortho intramolecular Hbond substituents is 1. The lowest BCUT2D eigenvalue weighted by Crippen LogP contribution is -2.37. The van der Waals surface area contributed by atoms with Crippen LogP contribution in [0.1, 0.15) is 26.7 Å². The molecule has 0 radical (unpaired) electrons. The van der Waals surface area contributed by atoms with Gasteiger partial charge in [-0.05, 0) is 30.4 Å². The van der Waals surface area contributed by atoms with Gasteiger partial charge in [0.25, 0.3) is 0 Å². The van der Waals surface area contributed by atoms with Gasteiger partial charge in [0.2, 0.25) is 0 Å². The molecule has 0 atom stereocenters. The molecule has 1 fully saturated rings. The predicted octanol–water partition coefficient (Wildman–Crippen LogP) is 3.43. The highest BCUT2D eigenvalue weighted by atomic mass is 19.1. The highest BCUT2D eigenvalue weighted by molar-refractivity contribution is 5.78. The summed E-state index contributed by atoms with van der Waals surface area (Å²) in [5, 5.41) is 17.1. The number of rotatable bonds is 2. The van der Waals surface area contributed by atoms with E-state index in [0.29, 0.717) is 11.2 Å². The second-order valence-electron chi connectivity index (χ2n) is 7.42. The maximum Gasteiger partial charge on any atom is 0.195 e. The van der Waals surface area contributed by atoms with Crippen LogP contribution in [0, 0.1) is 17.0 Å². The van der Waals surface area contributed by atoms with E-state index in [-0.39, 0.29) is 11.0 Å². The van der Waals surface area contributed by atoms with Gasteiger partial charge in [0.15, 0.2) is 23.2 Å². The Morgan fingerprint density at radius 1 is 1.15 bits per heavy atom. The Balaban J connectivity index is 1.66. The smallest absolute Gasteiger partial charge is 0.195 e. The molecule has 1 N–H and O–H groups in total. The second kappa shape index (κ2) is 5.89. The third-order valence-corrected chi connectivity index (χ3v) is 5.03. The number of hydrogen-bond acceptors (Lipinski definition) is 5. The topological polar surface area (TPSA) is 67.1 Å². The van der Waals surface area contributed by atoms with Crippen molar-refractivity contribution < 1.29 is 13.9 Å². The van der Waals surface area contributed by atoms with Gasteiger partial charge in [-0.25, -0.2) is 13.8 Å². The molecule has 0 unspecified atom stereocenters. The van der Waals surface area contributed by atoms with E-state index >= 15 is 0 Å². The first kappa shape index (κ1) is 16.7. The van der Waals surface area contributed by atoms with Crippen LogP contribution in [0.3, 0.4) is 0 Å². The summed E-state index contributed by atoms with van der Waals surface area (Å²) in [4.78, 5) is 6.62. The second-order valence-corrected chi connectivity index (χ2v) is 7.42. The minimum Gasteiger partial charge on any atom is -0.503 e. The van der Waals surface area contributed by atoms with Crippen LogP contribution in [-0.2, 0) is 0 Å². The standard InChI is InChI=1S/C18H19F2N5O/c1-18(2)5-7-24(8-6-18)11-3-4-14(21-10-11)25-16-13(22-23-25)9-12(19)17(26)15(16)20/h3-4,9-10,26H,5-8H2,1-2H3. The maximum absolute atomic E-state index is 14.3. The number of piperidine rings is 1. The van der Waals surface area contributed by atoms with Gasteiger partial charge in [-0.15, -0.1) is 5.10 Å². The molecule has 1 aliphatic heterocycles. The van der Waals surface area contributed by atoms with Crippen LogP contribution >= 0.6 is 0 Å². The van der Waals surface area contributed by atoms with E-state index in [4.69, 9.17) is 0 Å². The summed E-state index contributed by atoms with van der Waals surface area (Å²) >= 11 is 0. The van der Waals surface area contributed by atoms with Crippen molar-refractivity contribution >= 4 is 16.7 Å². The zero-order valence-electron chi connectivity index (χ0n) is 14.6. The fraction of sp³-hybridized carbons (Fsp3) is 0.389. The average Bonchev–Trinajstić information content (AvgIpc) is 3.04. The van der Waals surface area contributed by atoms with Gasteiger partial charge in [0.05, 0.1) is 11.9 Å². The summed E-state index contributed by atoms with van der Waals surface area (Å²) < 4.78 is 28.9. The third kappa shape index (κ3) is 2.75. The van der Waals surface area contributed by atoms with Crippen LogP contribution in [0.4, 0.5) is 14.5 Å². The van der Waals surface area contributed by atoms with Crippen molar-refractivity contribution in [3.8, 4) is 11.6 Å². The van der Waals surface area contributed by atoms with E-state index < -0.39 is 17.4 Å². The van der Waals surface area contributed by atoms with Gasteiger partial charge in [0.1, 0.15) is 11.0 Å². The van der Waals surface area contributed by atoms with Gasteiger partial charge in [0, 0.05) is 19.2 Å². The minimum absolute atomic E-state index is 0.0157. The number of anilines is 1. The molecule has 0 bridgehead atoms. The molecule has 2 aromatic heterocycles. The molecule has 0 saturated carbocycles. The maximum atomic E-state index is 14.3. The van der Waals surface area contributed by atoms with Crippen LogP contribution in [-0.4, -0.2) is 38.2 Å². The number of hydrogen-bond donors (Lipinski definition) is 1. The van der Waals surface area contributed by atoms with Crippen molar-refractivity contribution in [3.63, 3.8) is 0 Å². The lowest BCUT2D eigenvalue weighted by Gasteiger charge is -2.38. The Kier molecular flexibility index (Phi) is 3.78. The summed E-state index contributed by atoms with van der Waals surface area (Å²) in [5.74, 6) is -2.88. The zero-order valence-corrected chi connectivity index (χ0v) is 14.6. The number of aromatic hydroxyl groups is 1. The van der Waals surface area contributed by atoms with E-state index in [1.165, 1.54) is 0 Å². The Morgan fingerprint density at radius 2 is 1.88 bits per heavy atom. The van der Waals surface area contributed by atoms with E-state index in [1.807, 2.05) is 6.07 Å². The molecule has 1 aromatic carbocycles. The molecule has 26 heavy (non-hydrogen) atoms. The Hall–Kier alpha value is -2.77. The van der Waals surface area contributed by atoms with E-state index in [9.17, 15) is 13.9 Å². The number of benzene rings is 1. The summed E-state index contributed by atoms with van der Waals surface area (Å²) in [7, 11) is 0. The number of fused-ring (bicyclic) bond motifs is 1. The molecule has 0 aliphatic carbocycles. The van der Waals surface area contributed by atoms with Crippen LogP contribution in [0.25, 0.3) is 16.9 Å². The van der Waals surface area contributed by atoms with Crippen LogP contribution in [0.5, 0.6) is 5.75 Å².